The van der Waals surface area contributed by atoms with Gasteiger partial charge in [0.05, 0.1) is 7.11 Å². The monoisotopic (exact) mass is 251 g/mol. The maximum Gasteiger partial charge on any atom is 0.119 e. The van der Waals surface area contributed by atoms with Crippen LogP contribution >= 0.6 is 11.8 Å². The number of hydrogen-bond donors (Lipinski definition) is 1. The Balaban J connectivity index is 2.31. The Hall–Kier alpha value is -0.930. The lowest BCUT2D eigenvalue weighted by atomic mass is 10.3. The van der Waals surface area contributed by atoms with Crippen LogP contribution in [0.25, 0.3) is 0 Å². The van der Waals surface area contributed by atoms with Crippen molar-refractivity contribution in [1.29, 1.82) is 0 Å². The molecule has 0 heterocycles. The molecule has 0 aliphatic rings. The molecule has 1 N–H and O–H groups in total. The summed E-state index contributed by atoms with van der Waals surface area (Å²) in [5, 5.41) is 3.36. The summed E-state index contributed by atoms with van der Waals surface area (Å²) in [6.07, 6.45) is 1.16. The largest absolute Gasteiger partial charge is 0.497 e. The van der Waals surface area contributed by atoms with Crippen LogP contribution < -0.4 is 10.1 Å². The summed E-state index contributed by atoms with van der Waals surface area (Å²) in [6, 6.07) is 8.12. The highest BCUT2D eigenvalue weighted by Crippen LogP contribution is 2.23. The summed E-state index contributed by atoms with van der Waals surface area (Å²) < 4.78 is 5.19. The Morgan fingerprint density at radius 2 is 2.29 bits per heavy atom. The predicted octanol–water partition coefficient (Wildman–Crippen LogP) is 3.34. The lowest BCUT2D eigenvalue weighted by molar-refractivity contribution is 0.413. The highest BCUT2D eigenvalue weighted by Gasteiger charge is 1.99. The zero-order valence-electron chi connectivity index (χ0n) is 10.7. The van der Waals surface area contributed by atoms with E-state index in [1.165, 1.54) is 10.5 Å². The maximum absolute atomic E-state index is 5.19. The van der Waals surface area contributed by atoms with Crippen molar-refractivity contribution in [3.63, 3.8) is 0 Å². The molecule has 0 aliphatic heterocycles. The molecule has 1 aromatic carbocycles. The molecule has 3 heteroatoms. The van der Waals surface area contributed by atoms with Gasteiger partial charge in [-0.1, -0.05) is 25.1 Å². The van der Waals surface area contributed by atoms with Gasteiger partial charge in [-0.15, -0.1) is 11.8 Å². The van der Waals surface area contributed by atoms with Gasteiger partial charge in [-0.05, 0) is 31.2 Å². The first-order valence-electron chi connectivity index (χ1n) is 5.90. The highest BCUT2D eigenvalue weighted by atomic mass is 32.2. The van der Waals surface area contributed by atoms with Gasteiger partial charge in [0.25, 0.3) is 0 Å². The molecule has 0 radical (unpaired) electrons. The van der Waals surface area contributed by atoms with Crippen molar-refractivity contribution >= 4 is 11.8 Å². The molecule has 0 bridgehead atoms. The van der Waals surface area contributed by atoms with Crippen LogP contribution in [0.3, 0.4) is 0 Å². The van der Waals surface area contributed by atoms with Crippen LogP contribution in [0.2, 0.25) is 0 Å². The van der Waals surface area contributed by atoms with E-state index in [0.29, 0.717) is 0 Å². The van der Waals surface area contributed by atoms with Gasteiger partial charge in [0.1, 0.15) is 5.75 Å². The lowest BCUT2D eigenvalue weighted by Crippen LogP contribution is -2.18. The van der Waals surface area contributed by atoms with Gasteiger partial charge in [-0.25, -0.2) is 0 Å². The Kier molecular flexibility index (Phi) is 6.82. The van der Waals surface area contributed by atoms with E-state index < -0.39 is 0 Å². The summed E-state index contributed by atoms with van der Waals surface area (Å²) in [5.74, 6) is 1.86. The van der Waals surface area contributed by atoms with Gasteiger partial charge in [-0.3, -0.25) is 0 Å². The average Bonchev–Trinajstić information content (AvgIpc) is 2.37. The molecule has 2 nitrogen and oxygen atoms in total. The van der Waals surface area contributed by atoms with Crippen molar-refractivity contribution < 1.29 is 4.74 Å². The summed E-state index contributed by atoms with van der Waals surface area (Å²) in [7, 11) is 1.69. The predicted molar refractivity (Wildman–Crippen MR) is 76.0 cm³/mol. The quantitative estimate of drug-likeness (QED) is 0.435. The van der Waals surface area contributed by atoms with Crippen LogP contribution in [0.4, 0.5) is 0 Å². The Bertz CT molecular complexity index is 352. The standard InChI is InChI=1S/C14H21NOS/c1-4-8-15-10-12(2)11-17-14-7-5-6-13(9-14)16-3/h5-7,9,15H,2,4,8,10-11H2,1,3H3. The molecule has 0 aliphatic carbocycles. The molecule has 1 aromatic rings. The van der Waals surface area contributed by atoms with Crippen molar-refractivity contribution in [2.75, 3.05) is 26.0 Å². The average molecular weight is 251 g/mol. The summed E-state index contributed by atoms with van der Waals surface area (Å²) in [4.78, 5) is 1.22. The number of benzene rings is 1. The molecule has 94 valence electrons. The van der Waals surface area contributed by atoms with Gasteiger partial charge in [0.2, 0.25) is 0 Å². The molecular weight excluding hydrogens is 230 g/mol. The third-order valence-electron chi connectivity index (χ3n) is 2.29. The first-order chi connectivity index (χ1) is 8.26. The molecule has 0 saturated carbocycles. The summed E-state index contributed by atoms with van der Waals surface area (Å²) in [6.45, 7) is 8.20. The molecule has 0 atom stereocenters. The maximum atomic E-state index is 5.19. The van der Waals surface area contributed by atoms with Crippen LogP contribution in [0.5, 0.6) is 5.75 Å². The van der Waals surface area contributed by atoms with Gasteiger partial charge < -0.3 is 10.1 Å². The summed E-state index contributed by atoms with van der Waals surface area (Å²) in [5.41, 5.74) is 1.23. The fraction of sp³-hybridized carbons (Fsp3) is 0.429. The third-order valence-corrected chi connectivity index (χ3v) is 3.43. The molecule has 0 spiro atoms. The number of rotatable bonds is 8. The zero-order chi connectivity index (χ0) is 12.5. The van der Waals surface area contributed by atoms with E-state index in [2.05, 4.69) is 31.0 Å². The number of methoxy groups -OCH3 is 1. The van der Waals surface area contributed by atoms with Crippen LogP contribution in [0, 0.1) is 0 Å². The second-order valence-electron chi connectivity index (χ2n) is 3.89. The minimum atomic E-state index is 0.907. The van der Waals surface area contributed by atoms with E-state index >= 15 is 0 Å². The minimum Gasteiger partial charge on any atom is -0.497 e. The van der Waals surface area contributed by atoms with E-state index in [4.69, 9.17) is 4.74 Å². The molecule has 0 fully saturated rings. The smallest absolute Gasteiger partial charge is 0.119 e. The first kappa shape index (κ1) is 14.1. The van der Waals surface area contributed by atoms with Gasteiger partial charge in [-0.2, -0.15) is 0 Å². The molecule has 0 aromatic heterocycles. The summed E-state index contributed by atoms with van der Waals surface area (Å²) >= 11 is 1.80. The molecular formula is C14H21NOS. The Morgan fingerprint density at radius 3 is 3.00 bits per heavy atom. The van der Waals surface area contributed by atoms with Gasteiger partial charge in [0, 0.05) is 17.2 Å². The van der Waals surface area contributed by atoms with E-state index in [9.17, 15) is 0 Å². The van der Waals surface area contributed by atoms with Gasteiger partial charge in [0.15, 0.2) is 0 Å². The molecule has 0 saturated heterocycles. The Labute approximate surface area is 108 Å². The van der Waals surface area contributed by atoms with E-state index in [1.54, 1.807) is 18.9 Å². The second kappa shape index (κ2) is 8.20. The SMILES string of the molecule is C=C(CNCCC)CSc1cccc(OC)c1. The van der Waals surface area contributed by atoms with E-state index in [-0.39, 0.29) is 0 Å². The number of ether oxygens (including phenoxy) is 1. The lowest BCUT2D eigenvalue weighted by Gasteiger charge is -2.07. The number of nitrogens with one attached hydrogen (secondary N) is 1. The molecule has 0 amide bonds. The van der Waals surface area contributed by atoms with Crippen LogP contribution in [0.1, 0.15) is 13.3 Å². The van der Waals surface area contributed by atoms with Gasteiger partial charge >= 0.3 is 0 Å². The van der Waals surface area contributed by atoms with Crippen LogP contribution in [-0.2, 0) is 0 Å². The van der Waals surface area contributed by atoms with E-state index in [0.717, 1.165) is 31.0 Å². The van der Waals surface area contributed by atoms with E-state index in [1.807, 2.05) is 12.1 Å². The molecule has 0 unspecified atom stereocenters. The zero-order valence-corrected chi connectivity index (χ0v) is 11.5. The minimum absolute atomic E-state index is 0.907. The normalized spacial score (nSPS) is 10.2. The van der Waals surface area contributed by atoms with Crippen molar-refractivity contribution in [3.8, 4) is 5.75 Å². The number of hydrogen-bond acceptors (Lipinski definition) is 3. The molecule has 17 heavy (non-hydrogen) atoms. The number of thioether (sulfide) groups is 1. The highest BCUT2D eigenvalue weighted by molar-refractivity contribution is 7.99. The fourth-order valence-corrected chi connectivity index (χ4v) is 2.22. The molecule has 1 rings (SSSR count). The van der Waals surface area contributed by atoms with Crippen molar-refractivity contribution in [2.24, 2.45) is 0 Å². The van der Waals surface area contributed by atoms with Crippen molar-refractivity contribution in [1.82, 2.24) is 5.32 Å². The third kappa shape index (κ3) is 5.80. The van der Waals surface area contributed by atoms with Crippen molar-refractivity contribution in [3.05, 3.63) is 36.4 Å². The second-order valence-corrected chi connectivity index (χ2v) is 4.94. The fourth-order valence-electron chi connectivity index (χ4n) is 1.37. The van der Waals surface area contributed by atoms with Crippen LogP contribution in [-0.4, -0.2) is 26.0 Å². The topological polar surface area (TPSA) is 21.3 Å². The Morgan fingerprint density at radius 1 is 1.47 bits per heavy atom. The van der Waals surface area contributed by atoms with Crippen molar-refractivity contribution in [2.45, 2.75) is 18.2 Å². The first-order valence-corrected chi connectivity index (χ1v) is 6.89. The van der Waals surface area contributed by atoms with Crippen LogP contribution in [0.15, 0.2) is 41.3 Å².